The van der Waals surface area contributed by atoms with E-state index in [1.807, 2.05) is 11.8 Å². The van der Waals surface area contributed by atoms with E-state index in [0.29, 0.717) is 0 Å². The van der Waals surface area contributed by atoms with Crippen LogP contribution in [-0.4, -0.2) is 25.8 Å². The highest BCUT2D eigenvalue weighted by Gasteiger charge is 2.13. The van der Waals surface area contributed by atoms with E-state index in [1.165, 1.54) is 32.8 Å². The molecule has 0 unspecified atom stereocenters. The molecule has 3 heteroatoms. The Hall–Kier alpha value is -2.78. The van der Waals surface area contributed by atoms with Gasteiger partial charge in [0.05, 0.1) is 12.3 Å². The maximum absolute atomic E-state index is 4.84. The number of likely N-dealkylation sites (N-methyl/N-ethyl adjacent to an activating group) is 1. The van der Waals surface area contributed by atoms with Crippen LogP contribution in [0.5, 0.6) is 0 Å². The lowest BCUT2D eigenvalue weighted by Crippen LogP contribution is -2.20. The van der Waals surface area contributed by atoms with Crippen molar-refractivity contribution in [1.29, 1.82) is 0 Å². The molecule has 0 amide bonds. The molecular formula is C26H26N2S. The maximum atomic E-state index is 4.84. The number of thioether (sulfide) groups is 1. The van der Waals surface area contributed by atoms with Gasteiger partial charge in [-0.2, -0.15) is 0 Å². The molecule has 0 fully saturated rings. The summed E-state index contributed by atoms with van der Waals surface area (Å²) in [6, 6.07) is 25.9. The smallest absolute Gasteiger partial charge is 0.0668 e. The molecule has 0 atom stereocenters. The first kappa shape index (κ1) is 19.5. The van der Waals surface area contributed by atoms with E-state index in [2.05, 4.69) is 104 Å². The molecule has 0 radical (unpaired) electrons. The molecule has 1 heterocycles. The minimum absolute atomic E-state index is 0.814. The van der Waals surface area contributed by atoms with Crippen LogP contribution in [0.4, 0.5) is 5.69 Å². The summed E-state index contributed by atoms with van der Waals surface area (Å²) >= 11 is 1.88. The van der Waals surface area contributed by atoms with Crippen LogP contribution >= 0.6 is 11.8 Å². The zero-order valence-electron chi connectivity index (χ0n) is 17.0. The van der Waals surface area contributed by atoms with Gasteiger partial charge in [-0.25, -0.2) is 0 Å². The monoisotopic (exact) mass is 398 g/mol. The molecule has 146 valence electrons. The predicted molar refractivity (Wildman–Crippen MR) is 127 cm³/mol. The summed E-state index contributed by atoms with van der Waals surface area (Å²) in [4.78, 5) is 8.42. The van der Waals surface area contributed by atoms with E-state index < -0.39 is 0 Å². The number of aryl methyl sites for hydroxylation is 1. The molecule has 2 nitrogen and oxygen atoms in total. The fourth-order valence-electron chi connectivity index (χ4n) is 3.46. The van der Waals surface area contributed by atoms with Gasteiger partial charge >= 0.3 is 0 Å². The highest BCUT2D eigenvalue weighted by Crippen LogP contribution is 2.28. The van der Waals surface area contributed by atoms with Crippen molar-refractivity contribution in [3.8, 4) is 0 Å². The summed E-state index contributed by atoms with van der Waals surface area (Å²) in [5.74, 6) is 0.972. The Labute approximate surface area is 178 Å². The summed E-state index contributed by atoms with van der Waals surface area (Å²) < 4.78 is 0. The number of benzodiazepines with no additional fused rings is 1. The minimum Gasteiger partial charge on any atom is -0.372 e. The van der Waals surface area contributed by atoms with Crippen molar-refractivity contribution in [2.24, 2.45) is 4.99 Å². The number of benzene rings is 3. The second kappa shape index (κ2) is 9.15. The molecule has 29 heavy (non-hydrogen) atoms. The molecule has 3 aromatic carbocycles. The largest absolute Gasteiger partial charge is 0.372 e. The number of hydrogen-bond donors (Lipinski definition) is 0. The average molecular weight is 399 g/mol. The van der Waals surface area contributed by atoms with Crippen LogP contribution in [0.3, 0.4) is 0 Å². The normalized spacial score (nSPS) is 13.9. The molecule has 1 aliphatic rings. The third-order valence-corrected chi connectivity index (χ3v) is 6.32. The molecule has 0 saturated carbocycles. The standard InChI is InChI=1S/C26H26N2S/c1-20-11-13-21(14-12-20)19-29-26-10-6-3-7-22(26)15-16-24-23-8-4-5-9-25(23)28(2)18-17-27-24/h3-16H,17-19H2,1-2H3. The Morgan fingerprint density at radius 2 is 1.69 bits per heavy atom. The van der Waals surface area contributed by atoms with Crippen LogP contribution in [0, 0.1) is 6.92 Å². The first-order valence-corrected chi connectivity index (χ1v) is 11.0. The van der Waals surface area contributed by atoms with Gasteiger partial charge in [0.1, 0.15) is 0 Å². The van der Waals surface area contributed by atoms with Gasteiger partial charge in [0, 0.05) is 35.5 Å². The fraction of sp³-hybridized carbons (Fsp3) is 0.192. The quantitative estimate of drug-likeness (QED) is 0.473. The maximum Gasteiger partial charge on any atom is 0.0668 e. The van der Waals surface area contributed by atoms with Crippen molar-refractivity contribution in [3.05, 3.63) is 101 Å². The molecule has 0 saturated heterocycles. The third kappa shape index (κ3) is 4.80. The van der Waals surface area contributed by atoms with Crippen LogP contribution < -0.4 is 4.90 Å². The molecule has 1 aliphatic heterocycles. The van der Waals surface area contributed by atoms with Crippen molar-refractivity contribution in [3.63, 3.8) is 0 Å². The summed E-state index contributed by atoms with van der Waals surface area (Å²) in [6.07, 6.45) is 4.38. The average Bonchev–Trinajstić information content (AvgIpc) is 2.91. The van der Waals surface area contributed by atoms with E-state index in [9.17, 15) is 0 Å². The van der Waals surface area contributed by atoms with Gasteiger partial charge in [0.25, 0.3) is 0 Å². The fourth-order valence-corrected chi connectivity index (χ4v) is 4.45. The predicted octanol–water partition coefficient (Wildman–Crippen LogP) is 6.24. The van der Waals surface area contributed by atoms with Gasteiger partial charge in [-0.15, -0.1) is 11.8 Å². The van der Waals surface area contributed by atoms with Crippen LogP contribution in [0.25, 0.3) is 6.08 Å². The summed E-state index contributed by atoms with van der Waals surface area (Å²) in [6.45, 7) is 3.88. The molecule has 3 aromatic rings. The van der Waals surface area contributed by atoms with Crippen molar-refractivity contribution < 1.29 is 0 Å². The number of para-hydroxylation sites is 1. The lowest BCUT2D eigenvalue weighted by atomic mass is 10.1. The second-order valence-electron chi connectivity index (χ2n) is 7.35. The first-order valence-electron chi connectivity index (χ1n) is 10.0. The number of allylic oxidation sites excluding steroid dienone is 1. The van der Waals surface area contributed by atoms with Gasteiger partial charge in [-0.1, -0.05) is 72.3 Å². The Bertz CT molecular complexity index is 1030. The first-order chi connectivity index (χ1) is 14.2. The topological polar surface area (TPSA) is 15.6 Å². The Kier molecular flexibility index (Phi) is 6.16. The molecular weight excluding hydrogens is 372 g/mol. The highest BCUT2D eigenvalue weighted by atomic mass is 32.2. The minimum atomic E-state index is 0.814. The summed E-state index contributed by atoms with van der Waals surface area (Å²) in [5.41, 5.74) is 7.40. The molecule has 0 aliphatic carbocycles. The van der Waals surface area contributed by atoms with Gasteiger partial charge in [0.15, 0.2) is 0 Å². The number of aliphatic imine (C=N–C) groups is 1. The van der Waals surface area contributed by atoms with Crippen LogP contribution in [0.1, 0.15) is 22.3 Å². The zero-order valence-corrected chi connectivity index (χ0v) is 17.8. The van der Waals surface area contributed by atoms with E-state index in [4.69, 9.17) is 4.99 Å². The Balaban J connectivity index is 1.55. The number of hydrogen-bond acceptors (Lipinski definition) is 3. The Morgan fingerprint density at radius 1 is 0.931 bits per heavy atom. The third-order valence-electron chi connectivity index (χ3n) is 5.16. The lowest BCUT2D eigenvalue weighted by molar-refractivity contribution is 0.897. The molecule has 0 aromatic heterocycles. The number of rotatable bonds is 5. The van der Waals surface area contributed by atoms with Crippen molar-refractivity contribution in [2.45, 2.75) is 17.6 Å². The van der Waals surface area contributed by atoms with Crippen LogP contribution in [0.15, 0.2) is 88.8 Å². The van der Waals surface area contributed by atoms with Crippen LogP contribution in [-0.2, 0) is 5.75 Å². The molecule has 0 bridgehead atoms. The van der Waals surface area contributed by atoms with E-state index in [0.717, 1.165) is 24.6 Å². The van der Waals surface area contributed by atoms with Gasteiger partial charge in [0.2, 0.25) is 0 Å². The summed E-state index contributed by atoms with van der Waals surface area (Å²) in [5, 5.41) is 0. The highest BCUT2D eigenvalue weighted by molar-refractivity contribution is 7.98. The lowest BCUT2D eigenvalue weighted by Gasteiger charge is -2.18. The number of fused-ring (bicyclic) bond motifs is 1. The molecule has 0 spiro atoms. The van der Waals surface area contributed by atoms with Gasteiger partial charge in [-0.05, 0) is 36.3 Å². The van der Waals surface area contributed by atoms with Crippen molar-refractivity contribution >= 4 is 29.2 Å². The van der Waals surface area contributed by atoms with Crippen molar-refractivity contribution in [1.82, 2.24) is 0 Å². The SMILES string of the molecule is Cc1ccc(CSc2ccccc2C=CC2=NCCN(C)c3ccccc32)cc1. The number of nitrogens with zero attached hydrogens (tertiary/aromatic N) is 2. The Morgan fingerprint density at radius 3 is 2.55 bits per heavy atom. The van der Waals surface area contributed by atoms with E-state index >= 15 is 0 Å². The second-order valence-corrected chi connectivity index (χ2v) is 8.37. The van der Waals surface area contributed by atoms with E-state index in [-0.39, 0.29) is 0 Å². The molecule has 4 rings (SSSR count). The van der Waals surface area contributed by atoms with Gasteiger partial charge in [-0.3, -0.25) is 4.99 Å². The van der Waals surface area contributed by atoms with E-state index in [1.54, 1.807) is 0 Å². The van der Waals surface area contributed by atoms with Gasteiger partial charge < -0.3 is 4.90 Å². The van der Waals surface area contributed by atoms with Crippen molar-refractivity contribution in [2.75, 3.05) is 25.0 Å². The summed E-state index contributed by atoms with van der Waals surface area (Å²) in [7, 11) is 2.14. The molecule has 0 N–H and O–H groups in total. The zero-order chi connectivity index (χ0) is 20.1. The number of anilines is 1. The van der Waals surface area contributed by atoms with Crippen LogP contribution in [0.2, 0.25) is 0 Å².